The molecule has 0 bridgehead atoms. The van der Waals surface area contributed by atoms with Crippen molar-refractivity contribution in [2.75, 3.05) is 0 Å². The molecule has 1 aromatic carbocycles. The van der Waals surface area contributed by atoms with Crippen LogP contribution >= 0.6 is 0 Å². The van der Waals surface area contributed by atoms with Crippen molar-refractivity contribution in [3.05, 3.63) is 35.0 Å². The number of hydrogen-bond donors (Lipinski definition) is 1. The fourth-order valence-electron chi connectivity index (χ4n) is 2.31. The molecule has 1 aliphatic rings. The molecule has 0 aliphatic heterocycles. The average Bonchev–Trinajstić information content (AvgIpc) is 2.65. The van der Waals surface area contributed by atoms with E-state index in [4.69, 9.17) is 0 Å². The third kappa shape index (κ3) is 1.13. The standard InChI is InChI=1S/C12H9F2NO/c13-8-5-4-7-6-2-1-3-9(16)11(6)15-12(7)10(8)14/h4-5,15H,1-3H2. The minimum Gasteiger partial charge on any atom is -0.349 e. The van der Waals surface area contributed by atoms with Crippen LogP contribution in [-0.2, 0) is 6.42 Å². The highest BCUT2D eigenvalue weighted by Crippen LogP contribution is 2.30. The van der Waals surface area contributed by atoms with Gasteiger partial charge in [-0.15, -0.1) is 0 Å². The smallest absolute Gasteiger partial charge is 0.182 e. The van der Waals surface area contributed by atoms with Gasteiger partial charge in [-0.25, -0.2) is 8.78 Å². The predicted molar refractivity (Wildman–Crippen MR) is 55.5 cm³/mol. The number of Topliss-reactive ketones (excluding diaryl/α,β-unsaturated/α-hetero) is 1. The molecule has 2 nitrogen and oxygen atoms in total. The first-order valence-electron chi connectivity index (χ1n) is 5.20. The Hall–Kier alpha value is -1.71. The van der Waals surface area contributed by atoms with Crippen molar-refractivity contribution in [1.29, 1.82) is 0 Å². The van der Waals surface area contributed by atoms with Crippen molar-refractivity contribution in [2.45, 2.75) is 19.3 Å². The third-order valence-electron chi connectivity index (χ3n) is 3.08. The maximum absolute atomic E-state index is 13.5. The number of fused-ring (bicyclic) bond motifs is 3. The lowest BCUT2D eigenvalue weighted by molar-refractivity contribution is 0.0968. The minimum atomic E-state index is -0.903. The Morgan fingerprint density at radius 3 is 2.81 bits per heavy atom. The predicted octanol–water partition coefficient (Wildman–Crippen LogP) is 2.97. The van der Waals surface area contributed by atoms with Gasteiger partial charge in [0.05, 0.1) is 11.2 Å². The van der Waals surface area contributed by atoms with Gasteiger partial charge in [-0.2, -0.15) is 0 Å². The Morgan fingerprint density at radius 1 is 1.19 bits per heavy atom. The van der Waals surface area contributed by atoms with Crippen molar-refractivity contribution in [2.24, 2.45) is 0 Å². The van der Waals surface area contributed by atoms with Gasteiger partial charge < -0.3 is 4.98 Å². The summed E-state index contributed by atoms with van der Waals surface area (Å²) in [6.07, 6.45) is 1.99. The first-order valence-corrected chi connectivity index (χ1v) is 5.20. The average molecular weight is 221 g/mol. The van der Waals surface area contributed by atoms with Gasteiger partial charge in [0.25, 0.3) is 0 Å². The van der Waals surface area contributed by atoms with Crippen LogP contribution in [-0.4, -0.2) is 10.8 Å². The molecule has 3 rings (SSSR count). The zero-order valence-corrected chi connectivity index (χ0v) is 8.44. The number of halogens is 2. The second-order valence-corrected chi connectivity index (χ2v) is 4.04. The number of ketones is 1. The minimum absolute atomic E-state index is 0.0164. The molecule has 0 radical (unpaired) electrons. The Morgan fingerprint density at radius 2 is 2.00 bits per heavy atom. The van der Waals surface area contributed by atoms with Gasteiger partial charge in [0.1, 0.15) is 0 Å². The SMILES string of the molecule is O=C1CCCc2c1[nH]c1c(F)c(F)ccc21. The van der Waals surface area contributed by atoms with Gasteiger partial charge >= 0.3 is 0 Å². The van der Waals surface area contributed by atoms with Gasteiger partial charge in [0.15, 0.2) is 17.4 Å². The monoisotopic (exact) mass is 221 g/mol. The summed E-state index contributed by atoms with van der Waals surface area (Å²) >= 11 is 0. The molecule has 16 heavy (non-hydrogen) atoms. The summed E-state index contributed by atoms with van der Waals surface area (Å²) in [5.41, 5.74) is 1.39. The molecule has 1 aliphatic carbocycles. The van der Waals surface area contributed by atoms with Crippen LogP contribution in [0.15, 0.2) is 12.1 Å². The molecule has 4 heteroatoms. The summed E-state index contributed by atoms with van der Waals surface area (Å²) < 4.78 is 26.5. The topological polar surface area (TPSA) is 32.9 Å². The van der Waals surface area contributed by atoms with E-state index in [1.807, 2.05) is 0 Å². The molecule has 1 N–H and O–H groups in total. The first kappa shape index (κ1) is 9.51. The van der Waals surface area contributed by atoms with Crippen LogP contribution < -0.4 is 0 Å². The van der Waals surface area contributed by atoms with Gasteiger partial charge in [0.2, 0.25) is 0 Å². The number of nitrogens with one attached hydrogen (secondary N) is 1. The fourth-order valence-corrected chi connectivity index (χ4v) is 2.31. The van der Waals surface area contributed by atoms with E-state index in [1.54, 1.807) is 0 Å². The lowest BCUT2D eigenvalue weighted by Gasteiger charge is -2.09. The van der Waals surface area contributed by atoms with Crippen LogP contribution in [0.5, 0.6) is 0 Å². The van der Waals surface area contributed by atoms with E-state index in [0.717, 1.165) is 24.5 Å². The molecule has 0 saturated carbocycles. The molecule has 0 amide bonds. The van der Waals surface area contributed by atoms with E-state index in [0.29, 0.717) is 17.5 Å². The maximum atomic E-state index is 13.5. The van der Waals surface area contributed by atoms with Crippen molar-refractivity contribution in [1.82, 2.24) is 4.98 Å². The van der Waals surface area contributed by atoms with Crippen LogP contribution in [0.3, 0.4) is 0 Å². The van der Waals surface area contributed by atoms with Gasteiger partial charge in [-0.1, -0.05) is 0 Å². The summed E-state index contributed by atoms with van der Waals surface area (Å²) in [7, 11) is 0. The number of hydrogen-bond acceptors (Lipinski definition) is 1. The number of aromatic nitrogens is 1. The molecule has 1 heterocycles. The third-order valence-corrected chi connectivity index (χ3v) is 3.08. The zero-order chi connectivity index (χ0) is 11.3. The number of aromatic amines is 1. The van der Waals surface area contributed by atoms with Crippen LogP contribution in [0.2, 0.25) is 0 Å². The van der Waals surface area contributed by atoms with Crippen molar-refractivity contribution in [3.63, 3.8) is 0 Å². The summed E-state index contributed by atoms with van der Waals surface area (Å²) in [4.78, 5) is 14.3. The second-order valence-electron chi connectivity index (χ2n) is 4.04. The first-order chi connectivity index (χ1) is 7.68. The number of carbonyl (C=O) groups is 1. The molecular formula is C12H9F2NO. The van der Waals surface area contributed by atoms with Gasteiger partial charge in [-0.3, -0.25) is 4.79 Å². The molecule has 2 aromatic rings. The lowest BCUT2D eigenvalue weighted by Crippen LogP contribution is -2.09. The van der Waals surface area contributed by atoms with Crippen LogP contribution in [0, 0.1) is 11.6 Å². The van der Waals surface area contributed by atoms with Gasteiger partial charge in [0, 0.05) is 11.8 Å². The van der Waals surface area contributed by atoms with E-state index >= 15 is 0 Å². The van der Waals surface area contributed by atoms with E-state index in [-0.39, 0.29) is 11.3 Å². The largest absolute Gasteiger partial charge is 0.349 e. The highest BCUT2D eigenvalue weighted by atomic mass is 19.2. The Labute approximate surface area is 90.3 Å². The normalized spacial score (nSPS) is 15.5. The van der Waals surface area contributed by atoms with Crippen LogP contribution in [0.4, 0.5) is 8.78 Å². The molecule has 0 saturated heterocycles. The molecule has 0 unspecified atom stereocenters. The molecule has 0 atom stereocenters. The molecule has 0 spiro atoms. The fraction of sp³-hybridized carbons (Fsp3) is 0.250. The number of rotatable bonds is 0. The van der Waals surface area contributed by atoms with E-state index in [2.05, 4.69) is 4.98 Å². The Bertz CT molecular complexity index is 601. The molecule has 0 fully saturated rings. The summed E-state index contributed by atoms with van der Waals surface area (Å²) in [5, 5.41) is 0.627. The molecule has 82 valence electrons. The zero-order valence-electron chi connectivity index (χ0n) is 8.44. The van der Waals surface area contributed by atoms with Crippen molar-refractivity contribution in [3.8, 4) is 0 Å². The quantitative estimate of drug-likeness (QED) is 0.728. The summed E-state index contributed by atoms with van der Waals surface area (Å²) in [6, 6.07) is 2.63. The molecule has 1 aromatic heterocycles. The van der Waals surface area contributed by atoms with Crippen LogP contribution in [0.25, 0.3) is 10.9 Å². The second kappa shape index (κ2) is 3.14. The van der Waals surface area contributed by atoms with Crippen molar-refractivity contribution >= 4 is 16.7 Å². The number of aryl methyl sites for hydroxylation is 1. The van der Waals surface area contributed by atoms with E-state index < -0.39 is 11.6 Å². The lowest BCUT2D eigenvalue weighted by atomic mass is 9.95. The highest BCUT2D eigenvalue weighted by Gasteiger charge is 2.23. The highest BCUT2D eigenvalue weighted by molar-refractivity contribution is 6.03. The number of benzene rings is 1. The molecular weight excluding hydrogens is 212 g/mol. The summed E-state index contributed by atoms with van der Waals surface area (Å²) in [6.45, 7) is 0. The maximum Gasteiger partial charge on any atom is 0.182 e. The van der Waals surface area contributed by atoms with E-state index in [9.17, 15) is 13.6 Å². The van der Waals surface area contributed by atoms with E-state index in [1.165, 1.54) is 6.07 Å². The Balaban J connectivity index is 2.40. The Kier molecular flexibility index (Phi) is 1.87. The number of carbonyl (C=O) groups excluding carboxylic acids is 1. The van der Waals surface area contributed by atoms with Crippen molar-refractivity contribution < 1.29 is 13.6 Å². The van der Waals surface area contributed by atoms with Gasteiger partial charge in [-0.05, 0) is 30.5 Å². The summed E-state index contributed by atoms with van der Waals surface area (Å²) in [5.74, 6) is -1.81. The van der Waals surface area contributed by atoms with Crippen LogP contribution in [0.1, 0.15) is 28.9 Å². The number of H-pyrrole nitrogens is 1.